The van der Waals surface area contributed by atoms with E-state index < -0.39 is 24.9 Å². The summed E-state index contributed by atoms with van der Waals surface area (Å²) < 4.78 is 28.0. The van der Waals surface area contributed by atoms with Gasteiger partial charge in [-0.3, -0.25) is 9.59 Å². The minimum absolute atomic E-state index is 0.0617. The highest BCUT2D eigenvalue weighted by molar-refractivity contribution is 5.83. The maximum atomic E-state index is 11.7. The zero-order valence-corrected chi connectivity index (χ0v) is 7.63. The lowest BCUT2D eigenvalue weighted by molar-refractivity contribution is -0.127. The van der Waals surface area contributed by atoms with Crippen LogP contribution in [-0.4, -0.2) is 45.0 Å². The molecule has 0 bridgehead atoms. The molecule has 0 aromatic carbocycles. The Bertz CT molecular complexity index is 190. The van der Waals surface area contributed by atoms with Crippen LogP contribution in [-0.2, 0) is 14.3 Å². The molecule has 0 heterocycles. The highest BCUT2D eigenvalue weighted by Gasteiger charge is 2.17. The number of nitrogens with one attached hydrogen (secondary N) is 2. The molecule has 0 radical (unpaired) electrons. The van der Waals surface area contributed by atoms with Crippen LogP contribution < -0.4 is 10.6 Å². The van der Waals surface area contributed by atoms with Crippen molar-refractivity contribution in [2.24, 2.45) is 0 Å². The van der Waals surface area contributed by atoms with Gasteiger partial charge in [0.2, 0.25) is 12.3 Å². The third kappa shape index (κ3) is 5.41. The van der Waals surface area contributed by atoms with Gasteiger partial charge >= 0.3 is 0 Å². The monoisotopic (exact) mass is 210 g/mol. The second-order valence-corrected chi connectivity index (χ2v) is 2.43. The van der Waals surface area contributed by atoms with E-state index in [9.17, 15) is 18.4 Å². The lowest BCUT2D eigenvalue weighted by Gasteiger charge is -2.14. The van der Waals surface area contributed by atoms with Gasteiger partial charge in [-0.25, -0.2) is 8.78 Å². The van der Waals surface area contributed by atoms with Gasteiger partial charge in [-0.1, -0.05) is 0 Å². The smallest absolute Gasteiger partial charge is 0.255 e. The number of hydrogen-bond acceptors (Lipinski definition) is 3. The Kier molecular flexibility index (Phi) is 6.55. The third-order valence-corrected chi connectivity index (χ3v) is 1.35. The fourth-order valence-corrected chi connectivity index (χ4v) is 0.749. The molecule has 5 nitrogen and oxygen atoms in total. The van der Waals surface area contributed by atoms with Crippen molar-refractivity contribution in [1.29, 1.82) is 0 Å². The highest BCUT2D eigenvalue weighted by atomic mass is 19.3. The van der Waals surface area contributed by atoms with Crippen LogP contribution in [0.1, 0.15) is 0 Å². The molecular formula is C7H12F2N2O3. The Morgan fingerprint density at radius 3 is 2.64 bits per heavy atom. The van der Waals surface area contributed by atoms with E-state index in [0.717, 1.165) is 0 Å². The first-order valence-electron chi connectivity index (χ1n) is 3.86. The van der Waals surface area contributed by atoms with Crippen molar-refractivity contribution in [2.45, 2.75) is 12.5 Å². The van der Waals surface area contributed by atoms with Crippen LogP contribution in [0.5, 0.6) is 0 Å². The van der Waals surface area contributed by atoms with Gasteiger partial charge in [0.25, 0.3) is 6.43 Å². The molecule has 82 valence electrons. The van der Waals surface area contributed by atoms with Crippen molar-refractivity contribution in [3.05, 3.63) is 0 Å². The summed E-state index contributed by atoms with van der Waals surface area (Å²) in [5, 5.41) is 4.11. The average molecular weight is 210 g/mol. The SMILES string of the molecule is COCC(NC=O)C(=O)NCC(F)F. The van der Waals surface area contributed by atoms with Gasteiger partial charge in [0.05, 0.1) is 13.2 Å². The number of amides is 2. The van der Waals surface area contributed by atoms with Crippen LogP contribution in [0.4, 0.5) is 8.78 Å². The second-order valence-electron chi connectivity index (χ2n) is 2.43. The number of carbonyl (C=O) groups excluding carboxylic acids is 2. The van der Waals surface area contributed by atoms with Gasteiger partial charge in [-0.2, -0.15) is 0 Å². The summed E-state index contributed by atoms with van der Waals surface area (Å²) in [6.07, 6.45) is -2.30. The molecule has 1 atom stereocenters. The zero-order chi connectivity index (χ0) is 11.0. The molecule has 0 saturated carbocycles. The van der Waals surface area contributed by atoms with Crippen molar-refractivity contribution in [1.82, 2.24) is 10.6 Å². The Balaban J connectivity index is 3.94. The third-order valence-electron chi connectivity index (χ3n) is 1.35. The molecule has 0 fully saturated rings. The number of methoxy groups -OCH3 is 1. The summed E-state index contributed by atoms with van der Waals surface area (Å²) in [4.78, 5) is 21.1. The fourth-order valence-electron chi connectivity index (χ4n) is 0.749. The van der Waals surface area contributed by atoms with Crippen LogP contribution in [0.2, 0.25) is 0 Å². The molecule has 0 saturated heterocycles. The lowest BCUT2D eigenvalue weighted by atomic mass is 10.3. The van der Waals surface area contributed by atoms with Crippen molar-refractivity contribution in [3.8, 4) is 0 Å². The Hall–Kier alpha value is -1.24. The van der Waals surface area contributed by atoms with E-state index in [0.29, 0.717) is 6.41 Å². The van der Waals surface area contributed by atoms with E-state index in [2.05, 4.69) is 10.1 Å². The van der Waals surface area contributed by atoms with E-state index in [1.165, 1.54) is 7.11 Å². The fraction of sp³-hybridized carbons (Fsp3) is 0.714. The van der Waals surface area contributed by atoms with Gasteiger partial charge in [-0.05, 0) is 0 Å². The summed E-state index contributed by atoms with van der Waals surface area (Å²) in [6, 6.07) is -0.934. The maximum Gasteiger partial charge on any atom is 0.255 e. The van der Waals surface area contributed by atoms with Gasteiger partial charge < -0.3 is 15.4 Å². The van der Waals surface area contributed by atoms with Crippen molar-refractivity contribution in [3.63, 3.8) is 0 Å². The van der Waals surface area contributed by atoms with Crippen LogP contribution in [0.3, 0.4) is 0 Å². The van der Waals surface area contributed by atoms with Crippen molar-refractivity contribution < 1.29 is 23.1 Å². The van der Waals surface area contributed by atoms with E-state index in [-0.39, 0.29) is 6.61 Å². The van der Waals surface area contributed by atoms with Gasteiger partial charge in [0.1, 0.15) is 6.04 Å². The Labute approximate surface area is 79.8 Å². The van der Waals surface area contributed by atoms with Crippen LogP contribution in [0.25, 0.3) is 0 Å². The minimum Gasteiger partial charge on any atom is -0.382 e. The molecule has 14 heavy (non-hydrogen) atoms. The largest absolute Gasteiger partial charge is 0.382 e. The van der Waals surface area contributed by atoms with E-state index in [1.54, 1.807) is 0 Å². The first kappa shape index (κ1) is 12.8. The van der Waals surface area contributed by atoms with Crippen LogP contribution in [0.15, 0.2) is 0 Å². The molecule has 0 aliphatic rings. The molecule has 0 spiro atoms. The molecular weight excluding hydrogens is 198 g/mol. The number of rotatable bonds is 7. The summed E-state index contributed by atoms with van der Waals surface area (Å²) in [5.74, 6) is -0.695. The standard InChI is InChI=1S/C7H12F2N2O3/c1-14-3-5(11-4-12)7(13)10-2-6(8)9/h4-6H,2-3H2,1H3,(H,10,13)(H,11,12). The van der Waals surface area contributed by atoms with E-state index in [1.807, 2.05) is 5.32 Å². The summed E-state index contributed by atoms with van der Waals surface area (Å²) in [7, 11) is 1.33. The first-order chi connectivity index (χ1) is 6.61. The van der Waals surface area contributed by atoms with Crippen molar-refractivity contribution in [2.75, 3.05) is 20.3 Å². The molecule has 0 aliphatic carbocycles. The predicted octanol–water partition coefficient (Wildman–Crippen LogP) is -0.871. The van der Waals surface area contributed by atoms with E-state index >= 15 is 0 Å². The van der Waals surface area contributed by atoms with Crippen LogP contribution >= 0.6 is 0 Å². The van der Waals surface area contributed by atoms with E-state index in [4.69, 9.17) is 0 Å². The average Bonchev–Trinajstić information content (AvgIpc) is 2.14. The van der Waals surface area contributed by atoms with Crippen molar-refractivity contribution >= 4 is 12.3 Å². The summed E-state index contributed by atoms with van der Waals surface area (Å²) in [5.41, 5.74) is 0. The molecule has 2 amide bonds. The minimum atomic E-state index is -2.61. The van der Waals surface area contributed by atoms with Gasteiger partial charge in [0.15, 0.2) is 0 Å². The maximum absolute atomic E-state index is 11.7. The number of halogens is 2. The second kappa shape index (κ2) is 7.19. The van der Waals surface area contributed by atoms with Crippen LogP contribution in [0, 0.1) is 0 Å². The number of hydrogen-bond donors (Lipinski definition) is 2. The highest BCUT2D eigenvalue weighted by Crippen LogP contribution is 1.90. The summed E-state index contributed by atoms with van der Waals surface area (Å²) >= 11 is 0. The molecule has 0 aliphatic heterocycles. The Morgan fingerprint density at radius 1 is 1.57 bits per heavy atom. The quantitative estimate of drug-likeness (QED) is 0.537. The molecule has 0 aromatic rings. The zero-order valence-electron chi connectivity index (χ0n) is 7.63. The first-order valence-corrected chi connectivity index (χ1v) is 3.86. The lowest BCUT2D eigenvalue weighted by Crippen LogP contribution is -2.47. The van der Waals surface area contributed by atoms with Gasteiger partial charge in [-0.15, -0.1) is 0 Å². The predicted molar refractivity (Wildman–Crippen MR) is 43.9 cm³/mol. The molecule has 1 unspecified atom stereocenters. The number of alkyl halides is 2. The Morgan fingerprint density at radius 2 is 2.21 bits per heavy atom. The van der Waals surface area contributed by atoms with Gasteiger partial charge in [0, 0.05) is 7.11 Å². The number of ether oxygens (including phenoxy) is 1. The summed E-state index contributed by atoms with van der Waals surface area (Å²) in [6.45, 7) is -0.798. The molecule has 2 N–H and O–H groups in total. The topological polar surface area (TPSA) is 67.4 Å². The normalized spacial score (nSPS) is 12.3. The molecule has 7 heteroatoms. The molecule has 0 aromatic heterocycles. The molecule has 0 rings (SSSR count). The number of carbonyl (C=O) groups is 2.